The van der Waals surface area contributed by atoms with Gasteiger partial charge >= 0.3 is 5.97 Å². The van der Waals surface area contributed by atoms with E-state index in [4.69, 9.17) is 11.5 Å². The number of phenolic OH excluding ortho intramolecular Hbond substituents is 1. The number of phenols is 1. The van der Waals surface area contributed by atoms with E-state index in [9.17, 15) is 39.3 Å². The number of hydrogen-bond donors (Lipinski definition) is 9. The quantitative estimate of drug-likeness (QED) is 0.118. The number of nitrogens with two attached hydrogens (primary N) is 2. The summed E-state index contributed by atoms with van der Waals surface area (Å²) in [4.78, 5) is 60.2. The Balaban J connectivity index is 3.01. The molecule has 0 radical (unpaired) electrons. The van der Waals surface area contributed by atoms with Crippen molar-refractivity contribution in [2.24, 2.45) is 11.5 Å². The first-order valence-corrected chi connectivity index (χ1v) is 11.2. The molecule has 35 heavy (non-hydrogen) atoms. The Labute approximate surface area is 207 Å². The van der Waals surface area contributed by atoms with Crippen LogP contribution >= 0.6 is 12.6 Å². The van der Waals surface area contributed by atoms with Crippen molar-refractivity contribution < 1.29 is 39.3 Å². The smallest absolute Gasteiger partial charge is 0.328 e. The Hall–Kier alpha value is -3.36. The highest BCUT2D eigenvalue weighted by atomic mass is 32.1. The van der Waals surface area contributed by atoms with Crippen LogP contribution in [0.1, 0.15) is 25.3 Å². The van der Waals surface area contributed by atoms with E-state index < -0.39 is 59.9 Å². The number of thiol groups is 1. The fourth-order valence-corrected chi connectivity index (χ4v) is 3.15. The monoisotopic (exact) mass is 513 g/mol. The molecule has 0 bridgehead atoms. The third kappa shape index (κ3) is 10.2. The maximum atomic E-state index is 12.8. The van der Waals surface area contributed by atoms with Crippen LogP contribution in [0.5, 0.6) is 5.75 Å². The van der Waals surface area contributed by atoms with Crippen LogP contribution in [0.15, 0.2) is 24.3 Å². The lowest BCUT2D eigenvalue weighted by Gasteiger charge is -2.25. The van der Waals surface area contributed by atoms with Gasteiger partial charge in [-0.05, 0) is 31.0 Å². The number of primary amides is 1. The number of carboxylic acid groups (broad SMARTS) is 1. The Bertz CT molecular complexity index is 911. The maximum absolute atomic E-state index is 12.8. The van der Waals surface area contributed by atoms with Gasteiger partial charge in [0.25, 0.3) is 0 Å². The largest absolute Gasteiger partial charge is 0.508 e. The SMILES string of the molecule is CC(O)C(NC(=O)C(Cc1ccc(O)cc1)NC(=O)C(CS)NC(=O)C(N)CCC(N)=O)C(=O)O. The van der Waals surface area contributed by atoms with Crippen LogP contribution in [0.25, 0.3) is 0 Å². The number of rotatable bonds is 14. The Morgan fingerprint density at radius 2 is 1.51 bits per heavy atom. The van der Waals surface area contributed by atoms with Crippen molar-refractivity contribution >= 4 is 42.2 Å². The van der Waals surface area contributed by atoms with Gasteiger partial charge in [0.1, 0.15) is 17.8 Å². The lowest BCUT2D eigenvalue weighted by molar-refractivity contribution is -0.145. The number of carbonyl (C=O) groups is 5. The highest BCUT2D eigenvalue weighted by Gasteiger charge is 2.31. The van der Waals surface area contributed by atoms with Gasteiger partial charge in [-0.25, -0.2) is 4.79 Å². The third-order valence-electron chi connectivity index (χ3n) is 4.91. The zero-order chi connectivity index (χ0) is 26.7. The highest BCUT2D eigenvalue weighted by Crippen LogP contribution is 2.12. The molecular formula is C21H31N5O8S. The van der Waals surface area contributed by atoms with Crippen molar-refractivity contribution in [1.29, 1.82) is 0 Å². The summed E-state index contributed by atoms with van der Waals surface area (Å²) in [5.41, 5.74) is 11.3. The number of nitrogens with one attached hydrogen (secondary N) is 3. The average Bonchev–Trinajstić information content (AvgIpc) is 2.79. The molecule has 1 rings (SSSR count). The zero-order valence-corrected chi connectivity index (χ0v) is 19.9. The number of aliphatic hydroxyl groups excluding tert-OH is 1. The molecule has 13 nitrogen and oxygen atoms in total. The molecule has 0 fully saturated rings. The molecule has 0 heterocycles. The number of carbonyl (C=O) groups excluding carboxylic acids is 4. The molecule has 1 aromatic rings. The fraction of sp³-hybridized carbons (Fsp3) is 0.476. The molecule has 0 saturated carbocycles. The van der Waals surface area contributed by atoms with Crippen LogP contribution in [-0.2, 0) is 30.4 Å². The number of carboxylic acids is 1. The van der Waals surface area contributed by atoms with E-state index in [1.165, 1.54) is 31.2 Å². The molecule has 5 atom stereocenters. The minimum Gasteiger partial charge on any atom is -0.508 e. The summed E-state index contributed by atoms with van der Waals surface area (Å²) in [6.07, 6.45) is -1.69. The van der Waals surface area contributed by atoms with Crippen molar-refractivity contribution in [3.05, 3.63) is 29.8 Å². The predicted molar refractivity (Wildman–Crippen MR) is 127 cm³/mol. The van der Waals surface area contributed by atoms with E-state index in [1.807, 2.05) is 0 Å². The molecular weight excluding hydrogens is 482 g/mol. The van der Waals surface area contributed by atoms with Crippen molar-refractivity contribution in [2.75, 3.05) is 5.75 Å². The molecule has 0 aliphatic carbocycles. The number of hydrogen-bond acceptors (Lipinski definition) is 9. The summed E-state index contributed by atoms with van der Waals surface area (Å²) in [7, 11) is 0. The van der Waals surface area contributed by atoms with Gasteiger partial charge in [-0.1, -0.05) is 12.1 Å². The summed E-state index contributed by atoms with van der Waals surface area (Å²) in [5, 5.41) is 35.4. The van der Waals surface area contributed by atoms with Crippen LogP contribution < -0.4 is 27.4 Å². The normalized spacial score (nSPS) is 15.1. The van der Waals surface area contributed by atoms with Crippen molar-refractivity contribution in [3.63, 3.8) is 0 Å². The predicted octanol–water partition coefficient (Wildman–Crippen LogP) is -2.62. The van der Waals surface area contributed by atoms with Crippen LogP contribution in [0, 0.1) is 0 Å². The average molecular weight is 514 g/mol. The Morgan fingerprint density at radius 1 is 0.971 bits per heavy atom. The van der Waals surface area contributed by atoms with E-state index in [0.717, 1.165) is 0 Å². The second-order valence-corrected chi connectivity index (χ2v) is 8.22. The fourth-order valence-electron chi connectivity index (χ4n) is 2.89. The standard InChI is InChI=1S/C21H31N5O8S/c1-10(27)17(21(33)34)26-19(31)14(8-11-2-4-12(28)5-3-11)24-20(32)15(9-35)25-18(30)13(22)6-7-16(23)29/h2-5,10,13-15,17,27-28,35H,6-9,22H2,1H3,(H2,23,29)(H,24,32)(H,25,30)(H,26,31)(H,33,34). The molecule has 1 aromatic carbocycles. The summed E-state index contributed by atoms with van der Waals surface area (Å²) in [6, 6.07) is 0.462. The first-order valence-electron chi connectivity index (χ1n) is 10.6. The maximum Gasteiger partial charge on any atom is 0.328 e. The Morgan fingerprint density at radius 3 is 2.00 bits per heavy atom. The van der Waals surface area contributed by atoms with Gasteiger partial charge in [0, 0.05) is 18.6 Å². The molecule has 194 valence electrons. The second-order valence-electron chi connectivity index (χ2n) is 7.85. The molecule has 14 heteroatoms. The summed E-state index contributed by atoms with van der Waals surface area (Å²) in [6.45, 7) is 1.18. The number of aliphatic carboxylic acids is 1. The molecule has 4 amide bonds. The van der Waals surface area contributed by atoms with Crippen molar-refractivity contribution in [1.82, 2.24) is 16.0 Å². The van der Waals surface area contributed by atoms with Crippen molar-refractivity contribution in [2.45, 2.75) is 56.5 Å². The van der Waals surface area contributed by atoms with Crippen LogP contribution in [-0.4, -0.2) is 80.9 Å². The van der Waals surface area contributed by atoms with E-state index in [2.05, 4.69) is 28.6 Å². The first-order chi connectivity index (χ1) is 16.3. The second kappa shape index (κ2) is 14.1. The highest BCUT2D eigenvalue weighted by molar-refractivity contribution is 7.80. The van der Waals surface area contributed by atoms with E-state index in [0.29, 0.717) is 5.56 Å². The molecule has 0 aromatic heterocycles. The van der Waals surface area contributed by atoms with Crippen molar-refractivity contribution in [3.8, 4) is 5.75 Å². The van der Waals surface area contributed by atoms with Crippen LogP contribution in [0.2, 0.25) is 0 Å². The van der Waals surface area contributed by atoms with E-state index in [-0.39, 0.29) is 30.8 Å². The van der Waals surface area contributed by atoms with Crippen LogP contribution in [0.3, 0.4) is 0 Å². The zero-order valence-electron chi connectivity index (χ0n) is 19.0. The number of aromatic hydroxyl groups is 1. The lowest BCUT2D eigenvalue weighted by Crippen LogP contribution is -2.59. The number of aliphatic hydroxyl groups is 1. The molecule has 10 N–H and O–H groups in total. The third-order valence-corrected chi connectivity index (χ3v) is 5.27. The summed E-state index contributed by atoms with van der Waals surface area (Å²) >= 11 is 4.05. The summed E-state index contributed by atoms with van der Waals surface area (Å²) < 4.78 is 0. The topological polar surface area (TPSA) is 234 Å². The van der Waals surface area contributed by atoms with Gasteiger partial charge in [-0.3, -0.25) is 19.2 Å². The number of amides is 4. The minimum absolute atomic E-state index is 0.0237. The van der Waals surface area contributed by atoms with Gasteiger partial charge in [-0.15, -0.1) is 0 Å². The lowest BCUT2D eigenvalue weighted by atomic mass is 10.0. The molecule has 0 spiro atoms. The van der Waals surface area contributed by atoms with E-state index >= 15 is 0 Å². The minimum atomic E-state index is -1.63. The van der Waals surface area contributed by atoms with Crippen LogP contribution in [0.4, 0.5) is 0 Å². The summed E-state index contributed by atoms with van der Waals surface area (Å²) in [5.74, 6) is -4.76. The van der Waals surface area contributed by atoms with Gasteiger partial charge in [0.15, 0.2) is 6.04 Å². The first kappa shape index (κ1) is 29.7. The molecule has 0 aliphatic heterocycles. The van der Waals surface area contributed by atoms with E-state index in [1.54, 1.807) is 0 Å². The molecule has 0 saturated heterocycles. The van der Waals surface area contributed by atoms with Gasteiger partial charge < -0.3 is 42.7 Å². The molecule has 5 unspecified atom stereocenters. The molecule has 0 aliphatic rings. The number of benzene rings is 1. The van der Waals surface area contributed by atoms with Gasteiger partial charge in [0.2, 0.25) is 23.6 Å². The Kier molecular flexibility index (Phi) is 12.0. The van der Waals surface area contributed by atoms with Gasteiger partial charge in [-0.2, -0.15) is 12.6 Å². The van der Waals surface area contributed by atoms with Gasteiger partial charge in [0.05, 0.1) is 12.1 Å².